The minimum atomic E-state index is -0.503. The van der Waals surface area contributed by atoms with E-state index >= 15 is 0 Å². The Morgan fingerprint density at radius 2 is 2.32 bits per heavy atom. The molecule has 1 saturated heterocycles. The Morgan fingerprint density at radius 1 is 1.58 bits per heavy atom. The summed E-state index contributed by atoms with van der Waals surface area (Å²) in [6, 6.07) is 1.25. The molecule has 1 aromatic rings. The van der Waals surface area contributed by atoms with Crippen LogP contribution >= 0.6 is 11.8 Å². The molecule has 1 aliphatic rings. The number of nitrogens with zero attached hydrogens (tertiary/aromatic N) is 2. The van der Waals surface area contributed by atoms with Crippen molar-refractivity contribution in [2.75, 3.05) is 24.8 Å². The van der Waals surface area contributed by atoms with Crippen molar-refractivity contribution < 1.29 is 14.3 Å². The van der Waals surface area contributed by atoms with Crippen molar-refractivity contribution in [3.8, 4) is 0 Å². The molecule has 2 heterocycles. The highest BCUT2D eigenvalue weighted by molar-refractivity contribution is 7.98. The van der Waals surface area contributed by atoms with Crippen molar-refractivity contribution in [1.29, 1.82) is 0 Å². The van der Waals surface area contributed by atoms with Gasteiger partial charge in [-0.25, -0.2) is 4.98 Å². The van der Waals surface area contributed by atoms with Gasteiger partial charge in [0.15, 0.2) is 5.16 Å². The summed E-state index contributed by atoms with van der Waals surface area (Å²) in [6.07, 6.45) is 1.85. The highest BCUT2D eigenvalue weighted by Gasteiger charge is 2.36. The van der Waals surface area contributed by atoms with Gasteiger partial charge in [-0.05, 0) is 6.26 Å². The third-order valence-corrected chi connectivity index (χ3v) is 3.42. The van der Waals surface area contributed by atoms with Gasteiger partial charge in [0.1, 0.15) is 5.82 Å². The molecule has 0 aromatic carbocycles. The first-order valence-electron chi connectivity index (χ1n) is 5.58. The van der Waals surface area contributed by atoms with E-state index in [1.54, 1.807) is 6.26 Å². The molecule has 0 aliphatic carbocycles. The summed E-state index contributed by atoms with van der Waals surface area (Å²) >= 11 is 1.27. The molecular weight excluding hydrogens is 270 g/mol. The number of H-pyrrole nitrogens is 1. The van der Waals surface area contributed by atoms with Crippen LogP contribution in [0.5, 0.6) is 0 Å². The summed E-state index contributed by atoms with van der Waals surface area (Å²) in [5.74, 6) is -0.896. The lowest BCUT2D eigenvalue weighted by Gasteiger charge is -2.15. The quantitative estimate of drug-likeness (QED) is 0.477. The number of aromatic amines is 1. The zero-order chi connectivity index (χ0) is 14.0. The van der Waals surface area contributed by atoms with Gasteiger partial charge in [-0.1, -0.05) is 11.8 Å². The maximum Gasteiger partial charge on any atom is 0.311 e. The molecule has 1 unspecified atom stereocenters. The average Bonchev–Trinajstić information content (AvgIpc) is 2.79. The van der Waals surface area contributed by atoms with Gasteiger partial charge in [-0.3, -0.25) is 19.3 Å². The topological polar surface area (TPSA) is 92.4 Å². The van der Waals surface area contributed by atoms with Crippen molar-refractivity contribution >= 4 is 29.5 Å². The molecule has 2 rings (SSSR count). The Kier molecular flexibility index (Phi) is 3.89. The molecule has 1 N–H and O–H groups in total. The monoisotopic (exact) mass is 283 g/mol. The van der Waals surface area contributed by atoms with E-state index in [9.17, 15) is 14.4 Å². The fraction of sp³-hybridized carbons (Fsp3) is 0.455. The largest absolute Gasteiger partial charge is 0.469 e. The Morgan fingerprint density at radius 3 is 2.95 bits per heavy atom. The van der Waals surface area contributed by atoms with Crippen molar-refractivity contribution in [3.63, 3.8) is 0 Å². The molecule has 1 aromatic heterocycles. The molecule has 0 spiro atoms. The number of esters is 1. The molecule has 1 atom stereocenters. The minimum absolute atomic E-state index is 0.0791. The predicted molar refractivity (Wildman–Crippen MR) is 69.1 cm³/mol. The lowest BCUT2D eigenvalue weighted by atomic mass is 10.1. The molecule has 1 aliphatic heterocycles. The van der Waals surface area contributed by atoms with Gasteiger partial charge in [0.05, 0.1) is 13.0 Å². The number of rotatable bonds is 3. The number of thioether (sulfide) groups is 1. The molecule has 19 heavy (non-hydrogen) atoms. The zero-order valence-electron chi connectivity index (χ0n) is 10.5. The van der Waals surface area contributed by atoms with Crippen LogP contribution in [0.1, 0.15) is 6.42 Å². The van der Waals surface area contributed by atoms with Crippen LogP contribution in [0.4, 0.5) is 5.82 Å². The molecule has 1 fully saturated rings. The van der Waals surface area contributed by atoms with Crippen molar-refractivity contribution in [1.82, 2.24) is 9.97 Å². The van der Waals surface area contributed by atoms with Gasteiger partial charge in [0.2, 0.25) is 5.91 Å². The van der Waals surface area contributed by atoms with Crippen LogP contribution in [0.25, 0.3) is 0 Å². The van der Waals surface area contributed by atoms with Crippen LogP contribution in [-0.2, 0) is 14.3 Å². The number of aromatic nitrogens is 2. The highest BCUT2D eigenvalue weighted by Crippen LogP contribution is 2.24. The Hall–Kier alpha value is -1.83. The fourth-order valence-corrected chi connectivity index (χ4v) is 2.30. The van der Waals surface area contributed by atoms with E-state index < -0.39 is 11.9 Å². The van der Waals surface area contributed by atoms with Gasteiger partial charge < -0.3 is 9.72 Å². The van der Waals surface area contributed by atoms with Crippen LogP contribution in [0.2, 0.25) is 0 Å². The maximum absolute atomic E-state index is 11.9. The fourth-order valence-electron chi connectivity index (χ4n) is 1.91. The summed E-state index contributed by atoms with van der Waals surface area (Å²) < 4.78 is 4.63. The van der Waals surface area contributed by atoms with Crippen LogP contribution in [0, 0.1) is 5.92 Å². The van der Waals surface area contributed by atoms with Crippen molar-refractivity contribution in [3.05, 3.63) is 16.4 Å². The number of hydrogen-bond donors (Lipinski definition) is 1. The van der Waals surface area contributed by atoms with Gasteiger partial charge in [0, 0.05) is 19.0 Å². The number of carbonyl (C=O) groups is 2. The summed E-state index contributed by atoms with van der Waals surface area (Å²) in [5.41, 5.74) is -0.330. The first-order chi connectivity index (χ1) is 9.05. The van der Waals surface area contributed by atoms with Crippen molar-refractivity contribution in [2.45, 2.75) is 11.6 Å². The first-order valence-corrected chi connectivity index (χ1v) is 6.81. The number of amides is 1. The second-order valence-electron chi connectivity index (χ2n) is 4.04. The smallest absolute Gasteiger partial charge is 0.311 e. The Bertz CT molecular complexity index is 571. The van der Waals surface area contributed by atoms with Gasteiger partial charge in [0.25, 0.3) is 5.56 Å². The first kappa shape index (κ1) is 13.6. The standard InChI is InChI=1S/C11H13N3O4S/c1-18-10(17)6-3-9(16)14(5-6)7-4-8(15)13-11(12-7)19-2/h4,6H,3,5H2,1-2H3,(H,12,13,15). The number of ether oxygens (including phenoxy) is 1. The molecule has 7 nitrogen and oxygen atoms in total. The van der Waals surface area contributed by atoms with Crippen LogP contribution < -0.4 is 10.5 Å². The summed E-state index contributed by atoms with van der Waals surface area (Å²) in [5, 5.41) is 0.428. The van der Waals surface area contributed by atoms with E-state index in [0.717, 1.165) is 0 Å². The van der Waals surface area contributed by atoms with E-state index in [-0.39, 0.29) is 30.2 Å². The number of nitrogens with one attached hydrogen (secondary N) is 1. The SMILES string of the molecule is COC(=O)C1CC(=O)N(c2cc(=O)[nH]c(SC)n2)C1. The van der Waals surface area contributed by atoms with E-state index in [0.29, 0.717) is 5.16 Å². The third-order valence-electron chi connectivity index (χ3n) is 2.84. The Labute approximate surface area is 113 Å². The number of methoxy groups -OCH3 is 1. The van der Waals surface area contributed by atoms with Crippen LogP contribution in [-0.4, -0.2) is 41.8 Å². The van der Waals surface area contributed by atoms with Gasteiger partial charge >= 0.3 is 5.97 Å². The second-order valence-corrected chi connectivity index (χ2v) is 4.84. The predicted octanol–water partition coefficient (Wildman–Crippen LogP) is 0.0177. The number of hydrogen-bond acceptors (Lipinski definition) is 6. The number of anilines is 1. The lowest BCUT2D eigenvalue weighted by Crippen LogP contribution is -2.28. The minimum Gasteiger partial charge on any atom is -0.469 e. The molecular formula is C11H13N3O4S. The summed E-state index contributed by atoms with van der Waals surface area (Å²) in [7, 11) is 1.28. The zero-order valence-corrected chi connectivity index (χ0v) is 11.3. The summed E-state index contributed by atoms with van der Waals surface area (Å²) in [4.78, 5) is 42.8. The second kappa shape index (κ2) is 5.43. The van der Waals surface area contributed by atoms with Gasteiger partial charge in [-0.15, -0.1) is 0 Å². The molecule has 0 bridgehead atoms. The Balaban J connectivity index is 2.27. The molecule has 0 saturated carbocycles. The van der Waals surface area contributed by atoms with Crippen LogP contribution in [0.3, 0.4) is 0 Å². The van der Waals surface area contributed by atoms with Crippen molar-refractivity contribution in [2.24, 2.45) is 5.92 Å². The molecule has 0 radical (unpaired) electrons. The van der Waals surface area contributed by atoms with E-state index in [1.165, 1.54) is 29.8 Å². The highest BCUT2D eigenvalue weighted by atomic mass is 32.2. The summed E-state index contributed by atoms with van der Waals surface area (Å²) in [6.45, 7) is 0.190. The van der Waals surface area contributed by atoms with E-state index in [4.69, 9.17) is 0 Å². The van der Waals surface area contributed by atoms with Crippen LogP contribution in [0.15, 0.2) is 16.0 Å². The van der Waals surface area contributed by atoms with Gasteiger partial charge in [-0.2, -0.15) is 0 Å². The van der Waals surface area contributed by atoms with E-state index in [2.05, 4.69) is 14.7 Å². The average molecular weight is 283 g/mol. The normalized spacial score (nSPS) is 18.7. The maximum atomic E-state index is 11.9. The molecule has 8 heteroatoms. The lowest BCUT2D eigenvalue weighted by molar-refractivity contribution is -0.145. The van der Waals surface area contributed by atoms with E-state index in [1.807, 2.05) is 0 Å². The number of carbonyl (C=O) groups excluding carboxylic acids is 2. The molecule has 102 valence electrons. The third kappa shape index (κ3) is 2.78. The molecule has 1 amide bonds.